The molecule has 4 heteroatoms. The Morgan fingerprint density at radius 2 is 2.13 bits per heavy atom. The molecule has 0 unspecified atom stereocenters. The van der Waals surface area contributed by atoms with E-state index in [9.17, 15) is 4.39 Å². The molecule has 0 spiro atoms. The molecule has 15 heavy (non-hydrogen) atoms. The monoisotopic (exact) mass is 226 g/mol. The normalized spacial score (nSPS) is 16.9. The van der Waals surface area contributed by atoms with Crippen molar-refractivity contribution in [2.75, 3.05) is 11.4 Å². The van der Waals surface area contributed by atoms with E-state index < -0.39 is 0 Å². The van der Waals surface area contributed by atoms with Crippen LogP contribution in [0.15, 0.2) is 18.2 Å². The minimum absolute atomic E-state index is 0.340. The molecule has 1 fully saturated rings. The van der Waals surface area contributed by atoms with Gasteiger partial charge in [0.05, 0.1) is 10.7 Å². The Kier molecular flexibility index (Phi) is 2.91. The van der Waals surface area contributed by atoms with Crippen LogP contribution in [-0.2, 0) is 0 Å². The lowest BCUT2D eigenvalue weighted by atomic mass is 10.1. The van der Waals surface area contributed by atoms with Crippen LogP contribution in [0.4, 0.5) is 10.1 Å². The molecule has 1 saturated heterocycles. The summed E-state index contributed by atoms with van der Waals surface area (Å²) in [6.45, 7) is 0.796. The van der Waals surface area contributed by atoms with E-state index >= 15 is 0 Å². The van der Waals surface area contributed by atoms with E-state index in [2.05, 4.69) is 0 Å². The van der Waals surface area contributed by atoms with Crippen molar-refractivity contribution in [1.82, 2.24) is 0 Å². The molecule has 0 bridgehead atoms. The molecule has 0 radical (unpaired) electrons. The summed E-state index contributed by atoms with van der Waals surface area (Å²) in [5, 5.41) is 8.18. The van der Waals surface area contributed by atoms with Gasteiger partial charge in [0.1, 0.15) is 11.7 Å². The summed E-state index contributed by atoms with van der Waals surface area (Å²) in [6, 6.07) is 4.30. The number of piperidine rings is 1. The third kappa shape index (κ3) is 2.12. The molecule has 1 N–H and O–H groups in total. The van der Waals surface area contributed by atoms with Crippen LogP contribution in [0, 0.1) is 11.2 Å². The Morgan fingerprint density at radius 1 is 1.33 bits per heavy atom. The molecule has 0 aliphatic carbocycles. The van der Waals surface area contributed by atoms with E-state index in [1.165, 1.54) is 12.1 Å². The van der Waals surface area contributed by atoms with Crippen LogP contribution < -0.4 is 4.90 Å². The second-order valence-electron chi connectivity index (χ2n) is 3.65. The number of rotatable bonds is 1. The molecule has 0 atom stereocenters. The molecule has 80 valence electrons. The highest BCUT2D eigenvalue weighted by atomic mass is 35.5. The third-order valence-electron chi connectivity index (χ3n) is 2.57. The number of amidine groups is 1. The van der Waals surface area contributed by atoms with Crippen molar-refractivity contribution in [2.45, 2.75) is 19.3 Å². The van der Waals surface area contributed by atoms with Gasteiger partial charge in [-0.05, 0) is 31.0 Å². The van der Waals surface area contributed by atoms with Crippen LogP contribution in [0.5, 0.6) is 0 Å². The first-order valence-electron chi connectivity index (χ1n) is 4.98. The summed E-state index contributed by atoms with van der Waals surface area (Å²) in [4.78, 5) is 1.85. The van der Waals surface area contributed by atoms with E-state index in [4.69, 9.17) is 17.0 Å². The Labute approximate surface area is 93.2 Å². The van der Waals surface area contributed by atoms with Gasteiger partial charge in [0.15, 0.2) is 0 Å². The lowest BCUT2D eigenvalue weighted by Gasteiger charge is -2.29. The minimum Gasteiger partial charge on any atom is -0.329 e. The second-order valence-corrected chi connectivity index (χ2v) is 4.06. The standard InChI is InChI=1S/C11H12ClFN2/c12-9-7-8(13)4-5-10(9)15-6-2-1-3-11(15)14/h4-5,7,14H,1-3,6H2. The SMILES string of the molecule is N=C1CCCCN1c1ccc(F)cc1Cl. The van der Waals surface area contributed by atoms with Gasteiger partial charge in [-0.15, -0.1) is 0 Å². The first-order valence-corrected chi connectivity index (χ1v) is 5.36. The van der Waals surface area contributed by atoms with Gasteiger partial charge in [-0.2, -0.15) is 0 Å². The Morgan fingerprint density at radius 3 is 2.80 bits per heavy atom. The maximum atomic E-state index is 12.9. The molecule has 0 aromatic heterocycles. The zero-order valence-corrected chi connectivity index (χ0v) is 9.02. The summed E-state index contributed by atoms with van der Waals surface area (Å²) in [5.41, 5.74) is 0.739. The summed E-state index contributed by atoms with van der Waals surface area (Å²) < 4.78 is 12.9. The predicted octanol–water partition coefficient (Wildman–Crippen LogP) is 3.45. The van der Waals surface area contributed by atoms with Crippen LogP contribution in [0.25, 0.3) is 0 Å². The van der Waals surface area contributed by atoms with Gasteiger partial charge in [0.25, 0.3) is 0 Å². The molecular weight excluding hydrogens is 215 g/mol. The van der Waals surface area contributed by atoms with Crippen LogP contribution >= 0.6 is 11.6 Å². The summed E-state index contributed by atoms with van der Waals surface area (Å²) in [7, 11) is 0. The molecule has 1 heterocycles. The van der Waals surface area contributed by atoms with Gasteiger partial charge in [-0.3, -0.25) is 5.41 Å². The summed E-state index contributed by atoms with van der Waals surface area (Å²) in [5.74, 6) is 0.224. The number of benzene rings is 1. The lowest BCUT2D eigenvalue weighted by Crippen LogP contribution is -2.34. The second kappa shape index (κ2) is 4.19. The van der Waals surface area contributed by atoms with E-state index in [1.807, 2.05) is 4.90 Å². The average molecular weight is 227 g/mol. The number of nitrogens with one attached hydrogen (secondary N) is 1. The van der Waals surface area contributed by atoms with Gasteiger partial charge >= 0.3 is 0 Å². The molecule has 0 saturated carbocycles. The Hall–Kier alpha value is -1.09. The van der Waals surface area contributed by atoms with E-state index in [0.29, 0.717) is 10.9 Å². The van der Waals surface area contributed by atoms with Crippen LogP contribution in [0.3, 0.4) is 0 Å². The third-order valence-corrected chi connectivity index (χ3v) is 2.87. The maximum absolute atomic E-state index is 12.9. The highest BCUT2D eigenvalue weighted by Gasteiger charge is 2.18. The number of hydrogen-bond donors (Lipinski definition) is 1. The van der Waals surface area contributed by atoms with E-state index in [1.54, 1.807) is 6.07 Å². The van der Waals surface area contributed by atoms with Crippen LogP contribution in [0.2, 0.25) is 5.02 Å². The van der Waals surface area contributed by atoms with Gasteiger partial charge in [-0.1, -0.05) is 11.6 Å². The van der Waals surface area contributed by atoms with E-state index in [-0.39, 0.29) is 5.82 Å². The summed E-state index contributed by atoms with van der Waals surface area (Å²) >= 11 is 5.95. The largest absolute Gasteiger partial charge is 0.329 e. The quantitative estimate of drug-likeness (QED) is 0.780. The summed E-state index contributed by atoms with van der Waals surface area (Å²) in [6.07, 6.45) is 2.87. The molecule has 1 aliphatic heterocycles. The molecule has 0 amide bonds. The van der Waals surface area contributed by atoms with Crippen molar-refractivity contribution in [1.29, 1.82) is 5.41 Å². The highest BCUT2D eigenvalue weighted by molar-refractivity contribution is 6.33. The Bertz CT molecular complexity index is 392. The molecule has 1 aromatic carbocycles. The number of hydrogen-bond acceptors (Lipinski definition) is 1. The zero-order valence-electron chi connectivity index (χ0n) is 8.26. The van der Waals surface area contributed by atoms with Crippen molar-refractivity contribution in [2.24, 2.45) is 0 Å². The zero-order chi connectivity index (χ0) is 10.8. The average Bonchev–Trinajstić information content (AvgIpc) is 2.20. The smallest absolute Gasteiger partial charge is 0.124 e. The van der Waals surface area contributed by atoms with Gasteiger partial charge in [0.2, 0.25) is 0 Å². The van der Waals surface area contributed by atoms with Crippen molar-refractivity contribution in [3.05, 3.63) is 29.0 Å². The van der Waals surface area contributed by atoms with Gasteiger partial charge in [-0.25, -0.2) is 4.39 Å². The number of halogens is 2. The predicted molar refractivity (Wildman–Crippen MR) is 60.3 cm³/mol. The fourth-order valence-electron chi connectivity index (χ4n) is 1.80. The minimum atomic E-state index is -0.340. The molecule has 1 aliphatic rings. The Balaban J connectivity index is 2.31. The van der Waals surface area contributed by atoms with Crippen molar-refractivity contribution < 1.29 is 4.39 Å². The van der Waals surface area contributed by atoms with E-state index in [0.717, 1.165) is 31.5 Å². The van der Waals surface area contributed by atoms with Crippen LogP contribution in [0.1, 0.15) is 19.3 Å². The first kappa shape index (κ1) is 10.4. The number of nitrogens with zero attached hydrogens (tertiary/aromatic N) is 1. The van der Waals surface area contributed by atoms with Crippen molar-refractivity contribution in [3.8, 4) is 0 Å². The molecule has 1 aromatic rings. The first-order chi connectivity index (χ1) is 7.18. The van der Waals surface area contributed by atoms with Gasteiger partial charge in [0, 0.05) is 13.0 Å². The number of anilines is 1. The lowest BCUT2D eigenvalue weighted by molar-refractivity contribution is 0.627. The molecule has 2 nitrogen and oxygen atoms in total. The highest BCUT2D eigenvalue weighted by Crippen LogP contribution is 2.29. The molecule has 2 rings (SSSR count). The van der Waals surface area contributed by atoms with Crippen molar-refractivity contribution in [3.63, 3.8) is 0 Å². The van der Waals surface area contributed by atoms with Crippen molar-refractivity contribution >= 4 is 23.1 Å². The van der Waals surface area contributed by atoms with Crippen LogP contribution in [-0.4, -0.2) is 12.4 Å². The topological polar surface area (TPSA) is 27.1 Å². The maximum Gasteiger partial charge on any atom is 0.124 e. The fraction of sp³-hybridized carbons (Fsp3) is 0.364. The molecular formula is C11H12ClFN2. The van der Waals surface area contributed by atoms with Gasteiger partial charge < -0.3 is 4.90 Å². The fourth-order valence-corrected chi connectivity index (χ4v) is 2.07.